The molecule has 2 aromatic carbocycles. The molecule has 1 aromatic heterocycles. The van der Waals surface area contributed by atoms with Gasteiger partial charge in [-0.25, -0.2) is 8.42 Å². The summed E-state index contributed by atoms with van der Waals surface area (Å²) in [5.41, 5.74) is 1.01. The molecule has 1 aliphatic rings. The summed E-state index contributed by atoms with van der Waals surface area (Å²) in [7, 11) is -4.04. The summed E-state index contributed by atoms with van der Waals surface area (Å²) >= 11 is 0. The van der Waals surface area contributed by atoms with Crippen molar-refractivity contribution in [1.29, 1.82) is 0 Å². The van der Waals surface area contributed by atoms with Crippen LogP contribution < -0.4 is 20.7 Å². The van der Waals surface area contributed by atoms with Crippen LogP contribution in [0.2, 0.25) is 0 Å². The molecule has 13 heteroatoms. The van der Waals surface area contributed by atoms with Crippen molar-refractivity contribution in [3.05, 3.63) is 60.3 Å². The summed E-state index contributed by atoms with van der Waals surface area (Å²) in [5.74, 6) is -0.571. The average molecular weight is 514 g/mol. The minimum atomic E-state index is -4.04. The molecule has 2 heterocycles. The number of hydrogen-bond acceptors (Lipinski definition) is 9. The second kappa shape index (κ2) is 11.6. The lowest BCUT2D eigenvalue weighted by atomic mass is 10.1. The molecule has 0 saturated heterocycles. The highest BCUT2D eigenvalue weighted by molar-refractivity contribution is 7.89. The quantitative estimate of drug-likeness (QED) is 0.178. The molecular weight excluding hydrogens is 486 g/mol. The lowest BCUT2D eigenvalue weighted by Crippen LogP contribution is -2.49. The maximum absolute atomic E-state index is 12.8. The van der Waals surface area contributed by atoms with Crippen molar-refractivity contribution in [1.82, 2.24) is 30.9 Å². The highest BCUT2D eigenvalue weighted by atomic mass is 32.2. The molecule has 1 unspecified atom stereocenters. The van der Waals surface area contributed by atoms with E-state index < -0.39 is 27.9 Å². The molecule has 4 rings (SSSR count). The van der Waals surface area contributed by atoms with Gasteiger partial charge >= 0.3 is 5.97 Å². The van der Waals surface area contributed by atoms with Gasteiger partial charge in [-0.05, 0) is 30.7 Å². The molecule has 1 aliphatic heterocycles. The predicted octanol–water partition coefficient (Wildman–Crippen LogP) is 0.122. The smallest absolute Gasteiger partial charge is 0.326 e. The molecule has 0 fully saturated rings. The van der Waals surface area contributed by atoms with E-state index >= 15 is 0 Å². The molecule has 0 bridgehead atoms. The number of aromatic amines is 1. The number of guanidine groups is 1. The van der Waals surface area contributed by atoms with E-state index in [0.717, 1.165) is 11.9 Å². The molecule has 190 valence electrons. The van der Waals surface area contributed by atoms with Crippen molar-refractivity contribution in [3.8, 4) is 0 Å². The topological polar surface area (TPSA) is 167 Å². The number of hydrogen-bond donors (Lipinski definition) is 5. The van der Waals surface area contributed by atoms with E-state index in [9.17, 15) is 18.0 Å². The second-order valence-electron chi connectivity index (χ2n) is 7.97. The van der Waals surface area contributed by atoms with Crippen molar-refractivity contribution in [2.75, 3.05) is 32.8 Å². The number of rotatable bonds is 11. The maximum atomic E-state index is 12.8. The van der Waals surface area contributed by atoms with Crippen LogP contribution >= 0.6 is 0 Å². The largest absolute Gasteiger partial charge is 0.464 e. The zero-order chi connectivity index (χ0) is 25.4. The normalized spacial score (nSPS) is 14.1. The number of ether oxygens (including phenoxy) is 1. The average Bonchev–Trinajstić information content (AvgIpc) is 3.58. The number of amides is 1. The standard InChI is InChI=1S/C23H27N7O5S/c31-21(16-7-8-17-14-28-29-19(17)13-16)27-15-20(30-36(33,34)18-5-2-1-3-6-18)22(32)35-12-4-9-24-23-25-10-11-26-23/h1-3,5-8,13-14,20,30H,4,9-12,15H2,(H,27,31)(H,28,29)(H2,24,25,26). The van der Waals surface area contributed by atoms with Gasteiger partial charge in [-0.3, -0.25) is 19.7 Å². The van der Waals surface area contributed by atoms with Crippen LogP contribution in [0.15, 0.2) is 64.6 Å². The molecule has 3 aromatic rings. The van der Waals surface area contributed by atoms with Gasteiger partial charge in [-0.2, -0.15) is 9.82 Å². The first kappa shape index (κ1) is 25.1. The first-order valence-electron chi connectivity index (χ1n) is 11.4. The number of benzene rings is 2. The van der Waals surface area contributed by atoms with Crippen LogP contribution in [0.5, 0.6) is 0 Å². The molecule has 36 heavy (non-hydrogen) atoms. The van der Waals surface area contributed by atoms with Crippen molar-refractivity contribution in [2.45, 2.75) is 17.4 Å². The van der Waals surface area contributed by atoms with Gasteiger partial charge < -0.3 is 20.7 Å². The summed E-state index contributed by atoms with van der Waals surface area (Å²) in [6, 6.07) is 11.3. The Kier molecular flexibility index (Phi) is 8.13. The number of fused-ring (bicyclic) bond motifs is 1. The van der Waals surface area contributed by atoms with Crippen molar-refractivity contribution in [3.63, 3.8) is 0 Å². The van der Waals surface area contributed by atoms with Crippen molar-refractivity contribution in [2.24, 2.45) is 4.99 Å². The fourth-order valence-electron chi connectivity index (χ4n) is 3.47. The number of esters is 1. The van der Waals surface area contributed by atoms with Crippen LogP contribution in [0, 0.1) is 0 Å². The second-order valence-corrected chi connectivity index (χ2v) is 9.69. The van der Waals surface area contributed by atoms with Gasteiger partial charge in [-0.1, -0.05) is 24.3 Å². The van der Waals surface area contributed by atoms with Crippen molar-refractivity contribution < 1.29 is 22.7 Å². The van der Waals surface area contributed by atoms with E-state index in [1.165, 1.54) is 12.1 Å². The van der Waals surface area contributed by atoms with Crippen LogP contribution in [0.1, 0.15) is 16.8 Å². The van der Waals surface area contributed by atoms with Gasteiger partial charge in [0, 0.05) is 30.6 Å². The third-order valence-corrected chi connectivity index (χ3v) is 6.83. The Hall–Kier alpha value is -3.97. The van der Waals surface area contributed by atoms with Gasteiger partial charge in [0.15, 0.2) is 5.96 Å². The first-order chi connectivity index (χ1) is 17.4. The van der Waals surface area contributed by atoms with E-state index in [-0.39, 0.29) is 18.0 Å². The lowest BCUT2D eigenvalue weighted by molar-refractivity contribution is -0.145. The fourth-order valence-corrected chi connectivity index (χ4v) is 4.68. The summed E-state index contributed by atoms with van der Waals surface area (Å²) in [4.78, 5) is 29.7. The SMILES string of the molecule is O=C(NCC(NS(=O)(=O)c1ccccc1)C(=O)OCCCNC1=NCCN1)c1ccc2cn[nH]c2c1. The summed E-state index contributed by atoms with van der Waals surface area (Å²) in [6.07, 6.45) is 2.12. The Morgan fingerprint density at radius 2 is 1.97 bits per heavy atom. The molecule has 0 aliphatic carbocycles. The molecular formula is C23H27N7O5S. The Balaban J connectivity index is 1.37. The number of carbonyl (C=O) groups excluding carboxylic acids is 2. The maximum Gasteiger partial charge on any atom is 0.326 e. The first-order valence-corrected chi connectivity index (χ1v) is 12.9. The van der Waals surface area contributed by atoms with E-state index in [1.807, 2.05) is 0 Å². The number of carbonyl (C=O) groups is 2. The molecule has 1 atom stereocenters. The predicted molar refractivity (Wildman–Crippen MR) is 133 cm³/mol. The Morgan fingerprint density at radius 3 is 2.75 bits per heavy atom. The van der Waals surface area contributed by atoms with E-state index in [1.54, 1.807) is 42.6 Å². The zero-order valence-electron chi connectivity index (χ0n) is 19.4. The summed E-state index contributed by atoms with van der Waals surface area (Å²) in [6.45, 7) is 1.77. The van der Waals surface area contributed by atoms with Gasteiger partial charge in [0.2, 0.25) is 10.0 Å². The Morgan fingerprint density at radius 1 is 1.14 bits per heavy atom. The number of aliphatic imine (C=N–C) groups is 1. The van der Waals surface area contributed by atoms with E-state index in [4.69, 9.17) is 4.74 Å². The minimum absolute atomic E-state index is 0.00661. The van der Waals surface area contributed by atoms with Gasteiger partial charge in [0.25, 0.3) is 5.91 Å². The number of aromatic nitrogens is 2. The third kappa shape index (κ3) is 6.58. The molecule has 0 saturated carbocycles. The van der Waals surface area contributed by atoms with Gasteiger partial charge in [0.05, 0.1) is 29.8 Å². The number of sulfonamides is 1. The third-order valence-electron chi connectivity index (χ3n) is 5.34. The van der Waals surface area contributed by atoms with Crippen LogP contribution in [0.4, 0.5) is 0 Å². The monoisotopic (exact) mass is 513 g/mol. The van der Waals surface area contributed by atoms with Crippen LogP contribution in [0.3, 0.4) is 0 Å². The zero-order valence-corrected chi connectivity index (χ0v) is 20.2. The van der Waals surface area contributed by atoms with E-state index in [0.29, 0.717) is 36.6 Å². The minimum Gasteiger partial charge on any atom is -0.464 e. The fraction of sp³-hybridized carbons (Fsp3) is 0.304. The van der Waals surface area contributed by atoms with Crippen LogP contribution in [-0.2, 0) is 19.6 Å². The van der Waals surface area contributed by atoms with Crippen molar-refractivity contribution >= 4 is 38.8 Å². The lowest BCUT2D eigenvalue weighted by Gasteiger charge is -2.18. The highest BCUT2D eigenvalue weighted by Crippen LogP contribution is 2.13. The van der Waals surface area contributed by atoms with Gasteiger partial charge in [0.1, 0.15) is 6.04 Å². The summed E-state index contributed by atoms with van der Waals surface area (Å²) in [5, 5.41) is 16.3. The van der Waals surface area contributed by atoms with Crippen LogP contribution in [-0.4, -0.2) is 75.3 Å². The van der Waals surface area contributed by atoms with E-state index in [2.05, 4.69) is 35.9 Å². The number of nitrogens with zero attached hydrogens (tertiary/aromatic N) is 2. The number of H-pyrrole nitrogens is 1. The Labute approximate surface area is 208 Å². The highest BCUT2D eigenvalue weighted by Gasteiger charge is 2.27. The molecule has 0 radical (unpaired) electrons. The molecule has 1 amide bonds. The van der Waals surface area contributed by atoms with Crippen LogP contribution in [0.25, 0.3) is 10.9 Å². The summed E-state index contributed by atoms with van der Waals surface area (Å²) < 4.78 is 33.3. The molecule has 12 nitrogen and oxygen atoms in total. The molecule has 0 spiro atoms. The number of nitrogens with one attached hydrogen (secondary N) is 5. The van der Waals surface area contributed by atoms with Gasteiger partial charge in [-0.15, -0.1) is 0 Å². The Bertz CT molecular complexity index is 1340. The molecule has 5 N–H and O–H groups in total.